The number of ether oxygens (including phenoxy) is 1. The minimum absolute atomic E-state index is 0.127. The molecule has 0 bridgehead atoms. The number of carbonyl (C=O) groups excluding carboxylic acids is 1. The van der Waals surface area contributed by atoms with Crippen LogP contribution in [0, 0.1) is 5.92 Å². The molecule has 0 saturated carbocycles. The molecular weight excluding hydrogens is 380 g/mol. The van der Waals surface area contributed by atoms with E-state index in [0.717, 1.165) is 35.3 Å². The fourth-order valence-corrected chi connectivity index (χ4v) is 3.71. The van der Waals surface area contributed by atoms with Gasteiger partial charge in [-0.25, -0.2) is 9.97 Å². The lowest BCUT2D eigenvalue weighted by atomic mass is 9.99. The number of carbonyl (C=O) groups is 1. The van der Waals surface area contributed by atoms with Gasteiger partial charge in [0.15, 0.2) is 0 Å². The molecule has 8 heteroatoms. The van der Waals surface area contributed by atoms with E-state index >= 15 is 0 Å². The van der Waals surface area contributed by atoms with Crippen LogP contribution in [-0.4, -0.2) is 38.8 Å². The number of aryl methyl sites for hydroxylation is 1. The summed E-state index contributed by atoms with van der Waals surface area (Å²) in [6, 6.07) is 6.06. The van der Waals surface area contributed by atoms with E-state index in [9.17, 15) is 4.79 Å². The molecule has 1 aromatic carbocycles. The fourth-order valence-electron chi connectivity index (χ4n) is 3.71. The van der Waals surface area contributed by atoms with E-state index in [4.69, 9.17) is 10.5 Å². The number of rotatable bonds is 5. The van der Waals surface area contributed by atoms with Crippen LogP contribution in [0.5, 0.6) is 5.88 Å². The van der Waals surface area contributed by atoms with Crippen molar-refractivity contribution in [2.45, 2.75) is 33.7 Å². The molecule has 0 fully saturated rings. The average Bonchev–Trinajstić information content (AvgIpc) is 3.10. The summed E-state index contributed by atoms with van der Waals surface area (Å²) in [5.41, 5.74) is 10.3. The van der Waals surface area contributed by atoms with Crippen molar-refractivity contribution in [3.8, 4) is 17.0 Å². The highest BCUT2D eigenvalue weighted by Gasteiger charge is 2.29. The topological polar surface area (TPSA) is 99.2 Å². The number of benzene rings is 1. The molecule has 0 radical (unpaired) electrons. The van der Waals surface area contributed by atoms with E-state index in [1.165, 1.54) is 6.33 Å². The van der Waals surface area contributed by atoms with Crippen molar-refractivity contribution in [3.63, 3.8) is 0 Å². The highest BCUT2D eigenvalue weighted by molar-refractivity contribution is 6.10. The summed E-state index contributed by atoms with van der Waals surface area (Å²) >= 11 is 0. The zero-order valence-electron chi connectivity index (χ0n) is 17.5. The Balaban J connectivity index is 1.68. The van der Waals surface area contributed by atoms with Crippen molar-refractivity contribution in [1.82, 2.24) is 19.7 Å². The zero-order chi connectivity index (χ0) is 21.3. The molecule has 0 atom stereocenters. The van der Waals surface area contributed by atoms with Gasteiger partial charge in [0.05, 0.1) is 12.7 Å². The number of hydrogen-bond acceptors (Lipinski definition) is 6. The van der Waals surface area contributed by atoms with E-state index in [0.29, 0.717) is 19.1 Å². The number of anilines is 2. The monoisotopic (exact) mass is 406 g/mol. The van der Waals surface area contributed by atoms with Gasteiger partial charge in [-0.15, -0.1) is 0 Å². The van der Waals surface area contributed by atoms with Crippen LogP contribution in [0.4, 0.5) is 11.5 Å². The summed E-state index contributed by atoms with van der Waals surface area (Å²) < 4.78 is 7.61. The van der Waals surface area contributed by atoms with Gasteiger partial charge < -0.3 is 15.4 Å². The Hall–Kier alpha value is -3.42. The van der Waals surface area contributed by atoms with Gasteiger partial charge in [-0.05, 0) is 35.6 Å². The number of nitrogen functional groups attached to an aromatic ring is 1. The van der Waals surface area contributed by atoms with Crippen molar-refractivity contribution in [1.29, 1.82) is 0 Å². The van der Waals surface area contributed by atoms with Crippen LogP contribution >= 0.6 is 0 Å². The molecule has 0 saturated heterocycles. The Morgan fingerprint density at radius 3 is 2.87 bits per heavy atom. The van der Waals surface area contributed by atoms with Gasteiger partial charge in [-0.2, -0.15) is 5.10 Å². The third kappa shape index (κ3) is 3.72. The molecule has 30 heavy (non-hydrogen) atoms. The molecule has 4 rings (SSSR count). The van der Waals surface area contributed by atoms with Gasteiger partial charge in [0, 0.05) is 24.0 Å². The second kappa shape index (κ2) is 8.14. The standard InChI is InChI=1S/C22H26N6O2/c1-4-15-9-17(5-6-18(15)16-10-26-27(12-16)11-14(2)3)28-7-8-30-21-19(22(28)29)20(23)24-13-25-21/h5-6,9-10,12-14H,4,7-8,11H2,1-3H3,(H2,23,24,25). The summed E-state index contributed by atoms with van der Waals surface area (Å²) in [7, 11) is 0. The molecule has 0 aliphatic carbocycles. The van der Waals surface area contributed by atoms with Crippen molar-refractivity contribution >= 4 is 17.4 Å². The maximum atomic E-state index is 13.2. The first-order valence-corrected chi connectivity index (χ1v) is 10.2. The SMILES string of the molecule is CCc1cc(N2CCOc3ncnc(N)c3C2=O)ccc1-c1cnn(CC(C)C)c1. The summed E-state index contributed by atoms with van der Waals surface area (Å²) in [5.74, 6) is 0.642. The second-order valence-corrected chi connectivity index (χ2v) is 7.78. The Morgan fingerprint density at radius 2 is 2.10 bits per heavy atom. The Kier molecular flexibility index (Phi) is 5.39. The molecule has 0 spiro atoms. The molecule has 156 valence electrons. The Morgan fingerprint density at radius 1 is 1.27 bits per heavy atom. The van der Waals surface area contributed by atoms with E-state index in [1.807, 2.05) is 16.9 Å². The largest absolute Gasteiger partial charge is 0.475 e. The van der Waals surface area contributed by atoms with E-state index in [2.05, 4.69) is 54.2 Å². The normalized spacial score (nSPS) is 13.9. The molecule has 1 aliphatic rings. The van der Waals surface area contributed by atoms with Gasteiger partial charge in [0.1, 0.15) is 24.3 Å². The highest BCUT2D eigenvalue weighted by atomic mass is 16.5. The van der Waals surface area contributed by atoms with Crippen LogP contribution in [-0.2, 0) is 13.0 Å². The Bertz CT molecular complexity index is 1080. The molecule has 2 aromatic heterocycles. The molecule has 2 N–H and O–H groups in total. The van der Waals surface area contributed by atoms with Gasteiger partial charge in [-0.1, -0.05) is 26.8 Å². The molecule has 3 aromatic rings. The van der Waals surface area contributed by atoms with Gasteiger partial charge in [0.2, 0.25) is 5.88 Å². The first kappa shape index (κ1) is 19.9. The molecule has 3 heterocycles. The third-order valence-corrected chi connectivity index (χ3v) is 5.13. The van der Waals surface area contributed by atoms with Crippen LogP contribution in [0.3, 0.4) is 0 Å². The van der Waals surface area contributed by atoms with Crippen molar-refractivity contribution in [2.75, 3.05) is 23.8 Å². The second-order valence-electron chi connectivity index (χ2n) is 7.78. The van der Waals surface area contributed by atoms with Crippen molar-refractivity contribution in [3.05, 3.63) is 48.0 Å². The average molecular weight is 406 g/mol. The first-order chi connectivity index (χ1) is 14.5. The van der Waals surface area contributed by atoms with Gasteiger partial charge in [-0.3, -0.25) is 9.48 Å². The molecule has 1 aliphatic heterocycles. The number of amides is 1. The minimum atomic E-state index is -0.250. The lowest BCUT2D eigenvalue weighted by Gasteiger charge is -2.22. The molecule has 8 nitrogen and oxygen atoms in total. The minimum Gasteiger partial charge on any atom is -0.475 e. The molecule has 0 unspecified atom stereocenters. The summed E-state index contributed by atoms with van der Waals surface area (Å²) in [5, 5.41) is 4.49. The van der Waals surface area contributed by atoms with Crippen LogP contribution in [0.1, 0.15) is 36.7 Å². The summed E-state index contributed by atoms with van der Waals surface area (Å²) in [6.07, 6.45) is 6.11. The molecular formula is C22H26N6O2. The van der Waals surface area contributed by atoms with E-state index in [1.54, 1.807) is 4.90 Å². The number of aromatic nitrogens is 4. The fraction of sp³-hybridized carbons (Fsp3) is 0.364. The van der Waals surface area contributed by atoms with Crippen molar-refractivity contribution in [2.24, 2.45) is 5.92 Å². The van der Waals surface area contributed by atoms with E-state index < -0.39 is 0 Å². The highest BCUT2D eigenvalue weighted by Crippen LogP contribution is 2.31. The quantitative estimate of drug-likeness (QED) is 0.699. The lowest BCUT2D eigenvalue weighted by Crippen LogP contribution is -2.32. The van der Waals surface area contributed by atoms with Crippen LogP contribution in [0.15, 0.2) is 36.9 Å². The number of fused-ring (bicyclic) bond motifs is 1. The van der Waals surface area contributed by atoms with Gasteiger partial charge in [0.25, 0.3) is 5.91 Å². The van der Waals surface area contributed by atoms with Crippen LogP contribution in [0.25, 0.3) is 11.1 Å². The zero-order valence-corrected chi connectivity index (χ0v) is 17.5. The van der Waals surface area contributed by atoms with Crippen LogP contribution in [0.2, 0.25) is 0 Å². The number of nitrogens with zero attached hydrogens (tertiary/aromatic N) is 5. The van der Waals surface area contributed by atoms with Crippen LogP contribution < -0.4 is 15.4 Å². The maximum absolute atomic E-state index is 13.2. The predicted octanol–water partition coefficient (Wildman–Crippen LogP) is 3.18. The molecule has 1 amide bonds. The lowest BCUT2D eigenvalue weighted by molar-refractivity contribution is 0.0990. The Labute approximate surface area is 175 Å². The summed E-state index contributed by atoms with van der Waals surface area (Å²) in [4.78, 5) is 22.9. The van der Waals surface area contributed by atoms with Gasteiger partial charge >= 0.3 is 0 Å². The predicted molar refractivity (Wildman–Crippen MR) is 115 cm³/mol. The van der Waals surface area contributed by atoms with E-state index in [-0.39, 0.29) is 23.2 Å². The number of nitrogens with two attached hydrogens (primary N) is 1. The van der Waals surface area contributed by atoms with Crippen molar-refractivity contribution < 1.29 is 9.53 Å². The first-order valence-electron chi connectivity index (χ1n) is 10.2. The number of hydrogen-bond donors (Lipinski definition) is 1. The maximum Gasteiger partial charge on any atom is 0.267 e. The third-order valence-electron chi connectivity index (χ3n) is 5.13. The smallest absolute Gasteiger partial charge is 0.267 e. The summed E-state index contributed by atoms with van der Waals surface area (Å²) in [6.45, 7) is 8.07.